The van der Waals surface area contributed by atoms with Gasteiger partial charge in [-0.3, -0.25) is 43.3 Å². The van der Waals surface area contributed by atoms with E-state index in [1.165, 1.54) is 18.7 Å². The van der Waals surface area contributed by atoms with Gasteiger partial charge in [0.2, 0.25) is 41.4 Å². The fourth-order valence-corrected chi connectivity index (χ4v) is 5.52. The van der Waals surface area contributed by atoms with E-state index in [4.69, 9.17) is 17.2 Å². The number of aliphatic hydroxyl groups excluding tert-OH is 1. The predicted octanol–water partition coefficient (Wildman–Crippen LogP) is -2.60. The van der Waals surface area contributed by atoms with Gasteiger partial charge in [0, 0.05) is 12.5 Å². The van der Waals surface area contributed by atoms with Crippen molar-refractivity contribution in [2.24, 2.45) is 39.9 Å². The summed E-state index contributed by atoms with van der Waals surface area (Å²) in [6.07, 6.45) is 2.06. The number of rotatable bonds is 27. The Labute approximate surface area is 326 Å². The first-order valence-electron chi connectivity index (χ1n) is 18.1. The number of hydrogen-bond donors (Lipinski definition) is 11. The lowest BCUT2D eigenvalue weighted by molar-refractivity contribution is -0.141. The summed E-state index contributed by atoms with van der Waals surface area (Å²) in [5, 5.41) is 34.2. The maximum atomic E-state index is 13.5. The van der Waals surface area contributed by atoms with Gasteiger partial charge < -0.3 is 59.3 Å². The average Bonchev–Trinajstić information content (AvgIpc) is 3.08. The number of aliphatic hydroxyl groups is 1. The molecule has 21 heteroatoms. The zero-order valence-corrected chi connectivity index (χ0v) is 33.6. The standard InChI is InChI=1S/C34H62N10O10S/c1-17(2)13-22(27(35)48)41-29(50)20(6)39-31(52)23(14-18(3)4)42-32(53)24(15-26(46)47)43-30(51)21(10-12-55-7)40-33(54)25(16-45)44-28(49)19(5)9-8-11-38-34(36)37/h17-25,45H,8-16H2,1-7H3,(H2,35,48)(H,39,52)(H,40,54)(H,41,50)(H,42,53)(H,43,51)(H,44,49)(H,46,47)(H4,36,37,38)/t19-,20-,21-,22-,23-,24-,25-/m0/s1. The number of carbonyl (C=O) groups excluding carboxylic acids is 7. The fraction of sp³-hybridized carbons (Fsp3) is 0.735. The highest BCUT2D eigenvalue weighted by molar-refractivity contribution is 7.98. The van der Waals surface area contributed by atoms with Crippen molar-refractivity contribution in [2.75, 3.05) is 25.2 Å². The van der Waals surface area contributed by atoms with Gasteiger partial charge in [0.1, 0.15) is 36.3 Å². The minimum absolute atomic E-state index is 0.0273. The summed E-state index contributed by atoms with van der Waals surface area (Å²) in [6, 6.07) is -7.86. The number of amides is 7. The molecule has 0 aromatic carbocycles. The lowest BCUT2D eigenvalue weighted by atomic mass is 10.0. The summed E-state index contributed by atoms with van der Waals surface area (Å²) in [5.41, 5.74) is 16.0. The molecule has 0 saturated heterocycles. The third-order valence-corrected chi connectivity index (χ3v) is 8.71. The second-order valence-electron chi connectivity index (χ2n) is 14.1. The van der Waals surface area contributed by atoms with Gasteiger partial charge in [0.25, 0.3) is 0 Å². The van der Waals surface area contributed by atoms with Crippen molar-refractivity contribution in [3.05, 3.63) is 0 Å². The molecule has 20 nitrogen and oxygen atoms in total. The molecule has 314 valence electrons. The molecule has 14 N–H and O–H groups in total. The Morgan fingerprint density at radius 2 is 1.09 bits per heavy atom. The zero-order chi connectivity index (χ0) is 42.4. The zero-order valence-electron chi connectivity index (χ0n) is 32.8. The van der Waals surface area contributed by atoms with Crippen molar-refractivity contribution in [3.63, 3.8) is 0 Å². The fourth-order valence-electron chi connectivity index (χ4n) is 5.05. The number of aliphatic imine (C=N–C) groups is 1. The Kier molecular flexibility index (Phi) is 24.0. The number of carboxylic acid groups (broad SMARTS) is 1. The van der Waals surface area contributed by atoms with Crippen LogP contribution in [-0.4, -0.2) is 125 Å². The summed E-state index contributed by atoms with van der Waals surface area (Å²) in [7, 11) is 0. The monoisotopic (exact) mass is 802 g/mol. The molecule has 0 radical (unpaired) electrons. The van der Waals surface area contributed by atoms with Crippen molar-refractivity contribution in [1.82, 2.24) is 31.9 Å². The third kappa shape index (κ3) is 21.1. The summed E-state index contributed by atoms with van der Waals surface area (Å²) in [4.78, 5) is 106. The van der Waals surface area contributed by atoms with E-state index in [-0.39, 0.29) is 37.1 Å². The molecule has 0 aromatic heterocycles. The highest BCUT2D eigenvalue weighted by atomic mass is 32.2. The molecule has 7 amide bonds. The predicted molar refractivity (Wildman–Crippen MR) is 207 cm³/mol. The molecule has 0 aliphatic carbocycles. The Bertz CT molecular complexity index is 1350. The van der Waals surface area contributed by atoms with E-state index >= 15 is 0 Å². The van der Waals surface area contributed by atoms with Crippen LogP contribution in [0.25, 0.3) is 0 Å². The third-order valence-electron chi connectivity index (χ3n) is 8.07. The molecule has 0 saturated carbocycles. The molecular weight excluding hydrogens is 741 g/mol. The smallest absolute Gasteiger partial charge is 0.305 e. The normalized spacial score (nSPS) is 14.9. The number of nitrogens with two attached hydrogens (primary N) is 3. The van der Waals surface area contributed by atoms with Crippen molar-refractivity contribution in [2.45, 2.75) is 116 Å². The van der Waals surface area contributed by atoms with Crippen LogP contribution in [0, 0.1) is 17.8 Å². The molecule has 0 spiro atoms. The van der Waals surface area contributed by atoms with Gasteiger partial charge in [-0.1, -0.05) is 34.6 Å². The molecule has 0 rings (SSSR count). The van der Waals surface area contributed by atoms with E-state index in [2.05, 4.69) is 36.9 Å². The first-order valence-corrected chi connectivity index (χ1v) is 19.5. The number of nitrogens with one attached hydrogen (secondary N) is 6. The molecule has 0 aliphatic heterocycles. The SMILES string of the molecule is CSCC[C@H](NC(=O)[C@H](CO)NC(=O)[C@@H](C)CCCN=C(N)N)C(=O)N[C@@H](CC(=O)O)C(=O)N[C@@H](CC(C)C)C(=O)N[C@@H](C)C(=O)N[C@@H](CC(C)C)C(N)=O. The van der Waals surface area contributed by atoms with Crippen molar-refractivity contribution < 1.29 is 48.6 Å². The topological polar surface area (TPSA) is 340 Å². The second kappa shape index (κ2) is 26.2. The Hall–Kier alpha value is -4.66. The molecule has 0 unspecified atom stereocenters. The summed E-state index contributed by atoms with van der Waals surface area (Å²) < 4.78 is 0. The molecule has 0 heterocycles. The van der Waals surface area contributed by atoms with Gasteiger partial charge >= 0.3 is 5.97 Å². The highest BCUT2D eigenvalue weighted by Gasteiger charge is 2.34. The van der Waals surface area contributed by atoms with Gasteiger partial charge in [-0.25, -0.2) is 0 Å². The Balaban J connectivity index is 5.91. The van der Waals surface area contributed by atoms with E-state index in [1.807, 2.05) is 13.8 Å². The van der Waals surface area contributed by atoms with E-state index in [1.54, 1.807) is 27.0 Å². The number of thioether (sulfide) groups is 1. The average molecular weight is 803 g/mol. The highest BCUT2D eigenvalue weighted by Crippen LogP contribution is 2.10. The largest absolute Gasteiger partial charge is 0.481 e. The van der Waals surface area contributed by atoms with Crippen molar-refractivity contribution >= 4 is 65.0 Å². The van der Waals surface area contributed by atoms with Crippen LogP contribution in [0.1, 0.15) is 80.1 Å². The lowest BCUT2D eigenvalue weighted by Gasteiger charge is -2.27. The van der Waals surface area contributed by atoms with Crippen LogP contribution in [0.2, 0.25) is 0 Å². The number of hydrogen-bond acceptors (Lipinski definition) is 11. The summed E-state index contributed by atoms with van der Waals surface area (Å²) >= 11 is 1.34. The number of carboxylic acids is 1. The van der Waals surface area contributed by atoms with Crippen molar-refractivity contribution in [1.29, 1.82) is 0 Å². The Morgan fingerprint density at radius 1 is 0.618 bits per heavy atom. The minimum atomic E-state index is -1.71. The maximum absolute atomic E-state index is 13.5. The van der Waals surface area contributed by atoms with Crippen LogP contribution >= 0.6 is 11.8 Å². The molecule has 0 aliphatic rings. The van der Waals surface area contributed by atoms with Crippen LogP contribution in [0.4, 0.5) is 0 Å². The molecule has 7 atom stereocenters. The molecule has 55 heavy (non-hydrogen) atoms. The second-order valence-corrected chi connectivity index (χ2v) is 15.1. The van der Waals surface area contributed by atoms with Gasteiger partial charge in [-0.2, -0.15) is 11.8 Å². The first-order chi connectivity index (χ1) is 25.6. The number of aliphatic carboxylic acids is 1. The van der Waals surface area contributed by atoms with Gasteiger partial charge in [-0.15, -0.1) is 0 Å². The van der Waals surface area contributed by atoms with Gasteiger partial charge in [-0.05, 0) is 62.9 Å². The number of guanidine groups is 1. The van der Waals surface area contributed by atoms with Crippen LogP contribution in [0.5, 0.6) is 0 Å². The van der Waals surface area contributed by atoms with Crippen LogP contribution < -0.4 is 49.1 Å². The quantitative estimate of drug-likeness (QED) is 0.0231. The lowest BCUT2D eigenvalue weighted by Crippen LogP contribution is -2.60. The molecule has 0 fully saturated rings. The molecule has 0 aromatic rings. The number of primary amides is 1. The van der Waals surface area contributed by atoms with E-state index in [9.17, 15) is 48.6 Å². The van der Waals surface area contributed by atoms with E-state index in [0.717, 1.165) is 0 Å². The molecular formula is C34H62N10O10S. The van der Waals surface area contributed by atoms with Crippen LogP contribution in [0.15, 0.2) is 4.99 Å². The minimum Gasteiger partial charge on any atom is -0.481 e. The van der Waals surface area contributed by atoms with Crippen molar-refractivity contribution in [3.8, 4) is 0 Å². The van der Waals surface area contributed by atoms with E-state index in [0.29, 0.717) is 25.1 Å². The van der Waals surface area contributed by atoms with Crippen LogP contribution in [-0.2, 0) is 38.4 Å². The molecule has 0 bridgehead atoms. The first kappa shape index (κ1) is 50.3. The van der Waals surface area contributed by atoms with Gasteiger partial charge in [0.05, 0.1) is 13.0 Å². The summed E-state index contributed by atoms with van der Waals surface area (Å²) in [5.74, 6) is -7.54. The van der Waals surface area contributed by atoms with Gasteiger partial charge in [0.15, 0.2) is 5.96 Å². The van der Waals surface area contributed by atoms with Crippen LogP contribution in [0.3, 0.4) is 0 Å². The maximum Gasteiger partial charge on any atom is 0.305 e. The Morgan fingerprint density at radius 3 is 1.60 bits per heavy atom. The van der Waals surface area contributed by atoms with E-state index < -0.39 is 103 Å². The number of carbonyl (C=O) groups is 8. The summed E-state index contributed by atoms with van der Waals surface area (Å²) in [6.45, 7) is 9.68. The number of nitrogens with zero attached hydrogens (tertiary/aromatic N) is 1.